The van der Waals surface area contributed by atoms with Crippen molar-refractivity contribution in [3.8, 4) is 0 Å². The molecule has 86 valence electrons. The molecule has 16 heavy (non-hydrogen) atoms. The van der Waals surface area contributed by atoms with Gasteiger partial charge in [0.15, 0.2) is 11.5 Å². The Balaban J connectivity index is 2.37. The molecule has 0 fully saturated rings. The molecule has 2 rings (SSSR count). The molecule has 4 heteroatoms. The van der Waals surface area contributed by atoms with Gasteiger partial charge in [-0.3, -0.25) is 0 Å². The van der Waals surface area contributed by atoms with Crippen molar-refractivity contribution in [2.75, 3.05) is 12.8 Å². The van der Waals surface area contributed by atoms with Gasteiger partial charge in [-0.1, -0.05) is 6.07 Å². The predicted molar refractivity (Wildman–Crippen MR) is 63.2 cm³/mol. The monoisotopic (exact) mass is 220 g/mol. The van der Waals surface area contributed by atoms with Crippen LogP contribution in [0.4, 0.5) is 5.69 Å². The predicted octanol–water partition coefficient (Wildman–Crippen LogP) is 2.38. The van der Waals surface area contributed by atoms with E-state index in [9.17, 15) is 0 Å². The third-order valence-electron chi connectivity index (χ3n) is 2.62. The second-order valence-corrected chi connectivity index (χ2v) is 4.44. The van der Waals surface area contributed by atoms with Gasteiger partial charge in [0, 0.05) is 7.11 Å². The van der Waals surface area contributed by atoms with Crippen LogP contribution in [0.5, 0.6) is 0 Å². The van der Waals surface area contributed by atoms with Crippen molar-refractivity contribution in [1.82, 2.24) is 4.98 Å². The zero-order chi connectivity index (χ0) is 11.8. The molecule has 1 aromatic heterocycles. The Labute approximate surface area is 94.4 Å². The smallest absolute Gasteiger partial charge is 0.198 e. The SMILES string of the molecule is COC(C)(C)Cc1nc2c(N)cccc2o1. The number of nitrogens with two attached hydrogens (primary N) is 1. The highest BCUT2D eigenvalue weighted by molar-refractivity contribution is 5.85. The van der Waals surface area contributed by atoms with E-state index < -0.39 is 0 Å². The van der Waals surface area contributed by atoms with Crippen LogP contribution in [0.25, 0.3) is 11.1 Å². The first kappa shape index (κ1) is 11.0. The Bertz CT molecular complexity index is 503. The molecule has 4 nitrogen and oxygen atoms in total. The number of fused-ring (bicyclic) bond motifs is 1. The van der Waals surface area contributed by atoms with Crippen molar-refractivity contribution in [2.24, 2.45) is 0 Å². The van der Waals surface area contributed by atoms with Gasteiger partial charge < -0.3 is 14.9 Å². The molecule has 0 unspecified atom stereocenters. The van der Waals surface area contributed by atoms with Gasteiger partial charge in [-0.2, -0.15) is 0 Å². The lowest BCUT2D eigenvalue weighted by Gasteiger charge is -2.20. The maximum Gasteiger partial charge on any atom is 0.198 e. The van der Waals surface area contributed by atoms with Crippen molar-refractivity contribution < 1.29 is 9.15 Å². The molecule has 0 aliphatic carbocycles. The number of benzene rings is 1. The lowest BCUT2D eigenvalue weighted by molar-refractivity contribution is 0.0184. The van der Waals surface area contributed by atoms with Crippen molar-refractivity contribution >= 4 is 16.8 Å². The number of ether oxygens (including phenoxy) is 1. The first-order valence-electron chi connectivity index (χ1n) is 5.21. The van der Waals surface area contributed by atoms with Crippen molar-refractivity contribution in [3.05, 3.63) is 24.1 Å². The Kier molecular flexibility index (Phi) is 2.59. The van der Waals surface area contributed by atoms with E-state index in [0.717, 1.165) is 11.1 Å². The van der Waals surface area contributed by atoms with Gasteiger partial charge in [-0.15, -0.1) is 0 Å². The van der Waals surface area contributed by atoms with Gasteiger partial charge in [-0.05, 0) is 26.0 Å². The van der Waals surface area contributed by atoms with Gasteiger partial charge >= 0.3 is 0 Å². The van der Waals surface area contributed by atoms with Crippen LogP contribution in [0.1, 0.15) is 19.7 Å². The fourth-order valence-corrected chi connectivity index (χ4v) is 1.53. The number of hydrogen-bond acceptors (Lipinski definition) is 4. The summed E-state index contributed by atoms with van der Waals surface area (Å²) in [6.07, 6.45) is 0.623. The first-order valence-corrected chi connectivity index (χ1v) is 5.21. The molecule has 0 bridgehead atoms. The maximum absolute atomic E-state index is 5.81. The lowest BCUT2D eigenvalue weighted by atomic mass is 10.1. The molecule has 0 radical (unpaired) electrons. The number of aromatic nitrogens is 1. The average molecular weight is 220 g/mol. The minimum Gasteiger partial charge on any atom is -0.441 e. The van der Waals surface area contributed by atoms with E-state index in [1.54, 1.807) is 7.11 Å². The number of nitrogen functional groups attached to an aromatic ring is 1. The summed E-state index contributed by atoms with van der Waals surface area (Å²) in [5.74, 6) is 0.653. The lowest BCUT2D eigenvalue weighted by Crippen LogP contribution is -2.25. The zero-order valence-electron chi connectivity index (χ0n) is 9.78. The van der Waals surface area contributed by atoms with E-state index in [1.165, 1.54) is 0 Å². The minimum atomic E-state index is -0.282. The van der Waals surface area contributed by atoms with Crippen LogP contribution in [0.3, 0.4) is 0 Å². The van der Waals surface area contributed by atoms with Crippen molar-refractivity contribution in [2.45, 2.75) is 25.9 Å². The molecule has 1 heterocycles. The summed E-state index contributed by atoms with van der Waals surface area (Å²) in [5.41, 5.74) is 7.62. The normalized spacial score (nSPS) is 12.2. The van der Waals surface area contributed by atoms with E-state index in [4.69, 9.17) is 14.9 Å². The van der Waals surface area contributed by atoms with E-state index >= 15 is 0 Å². The van der Waals surface area contributed by atoms with Crippen LogP contribution in [-0.2, 0) is 11.2 Å². The molecule has 0 aliphatic heterocycles. The van der Waals surface area contributed by atoms with Crippen LogP contribution in [0, 0.1) is 0 Å². The highest BCUT2D eigenvalue weighted by Crippen LogP contribution is 2.24. The van der Waals surface area contributed by atoms with Gasteiger partial charge in [0.25, 0.3) is 0 Å². The fourth-order valence-electron chi connectivity index (χ4n) is 1.53. The Morgan fingerprint density at radius 1 is 1.44 bits per heavy atom. The molecule has 0 saturated carbocycles. The number of hydrogen-bond donors (Lipinski definition) is 1. The van der Waals surface area contributed by atoms with Crippen LogP contribution in [0.2, 0.25) is 0 Å². The summed E-state index contributed by atoms with van der Waals surface area (Å²) in [5, 5.41) is 0. The Morgan fingerprint density at radius 2 is 2.19 bits per heavy atom. The number of nitrogens with zero attached hydrogens (tertiary/aromatic N) is 1. The average Bonchev–Trinajstić information content (AvgIpc) is 2.61. The Morgan fingerprint density at radius 3 is 2.81 bits per heavy atom. The topological polar surface area (TPSA) is 61.3 Å². The number of para-hydroxylation sites is 1. The minimum absolute atomic E-state index is 0.282. The summed E-state index contributed by atoms with van der Waals surface area (Å²) in [6.45, 7) is 3.98. The summed E-state index contributed by atoms with van der Waals surface area (Å²) in [6, 6.07) is 5.53. The van der Waals surface area contributed by atoms with E-state index in [1.807, 2.05) is 32.0 Å². The van der Waals surface area contributed by atoms with Crippen LogP contribution >= 0.6 is 0 Å². The molecular formula is C12H16N2O2. The number of anilines is 1. The summed E-state index contributed by atoms with van der Waals surface area (Å²) in [7, 11) is 1.68. The number of methoxy groups -OCH3 is 1. The Hall–Kier alpha value is -1.55. The molecular weight excluding hydrogens is 204 g/mol. The first-order chi connectivity index (χ1) is 7.52. The van der Waals surface area contributed by atoms with Crippen LogP contribution in [-0.4, -0.2) is 17.7 Å². The summed E-state index contributed by atoms with van der Waals surface area (Å²) < 4.78 is 11.0. The van der Waals surface area contributed by atoms with Gasteiger partial charge in [-0.25, -0.2) is 4.98 Å². The van der Waals surface area contributed by atoms with Gasteiger partial charge in [0.05, 0.1) is 17.7 Å². The zero-order valence-corrected chi connectivity index (χ0v) is 9.78. The summed E-state index contributed by atoms with van der Waals surface area (Å²) in [4.78, 5) is 4.37. The largest absolute Gasteiger partial charge is 0.441 e. The molecule has 2 aromatic rings. The fraction of sp³-hybridized carbons (Fsp3) is 0.417. The van der Waals surface area contributed by atoms with Crippen molar-refractivity contribution in [3.63, 3.8) is 0 Å². The highest BCUT2D eigenvalue weighted by Gasteiger charge is 2.21. The second-order valence-electron chi connectivity index (χ2n) is 4.44. The van der Waals surface area contributed by atoms with E-state index in [2.05, 4.69) is 4.98 Å². The second kappa shape index (κ2) is 3.79. The third-order valence-corrected chi connectivity index (χ3v) is 2.62. The molecule has 0 spiro atoms. The van der Waals surface area contributed by atoms with E-state index in [-0.39, 0.29) is 5.60 Å². The highest BCUT2D eigenvalue weighted by atomic mass is 16.5. The van der Waals surface area contributed by atoms with Crippen LogP contribution < -0.4 is 5.73 Å². The van der Waals surface area contributed by atoms with Gasteiger partial charge in [0.1, 0.15) is 5.52 Å². The molecule has 1 aromatic carbocycles. The molecule has 2 N–H and O–H groups in total. The molecule has 0 saturated heterocycles. The van der Waals surface area contributed by atoms with E-state index in [0.29, 0.717) is 18.0 Å². The van der Waals surface area contributed by atoms with Crippen molar-refractivity contribution in [1.29, 1.82) is 0 Å². The molecule has 0 atom stereocenters. The standard InChI is InChI=1S/C12H16N2O2/c1-12(2,15-3)7-10-14-11-8(13)5-4-6-9(11)16-10/h4-6H,7,13H2,1-3H3. The quantitative estimate of drug-likeness (QED) is 0.807. The molecule has 0 amide bonds. The summed E-state index contributed by atoms with van der Waals surface area (Å²) >= 11 is 0. The third kappa shape index (κ3) is 2.02. The number of oxazole rings is 1. The van der Waals surface area contributed by atoms with Gasteiger partial charge in [0.2, 0.25) is 0 Å². The molecule has 0 aliphatic rings. The number of rotatable bonds is 3. The maximum atomic E-state index is 5.81. The van der Waals surface area contributed by atoms with Crippen LogP contribution in [0.15, 0.2) is 22.6 Å².